The molecule has 0 atom stereocenters. The molecule has 0 bridgehead atoms. The number of nitrogens with one attached hydrogen (secondary N) is 2. The maximum atomic E-state index is 11.7. The normalized spacial score (nSPS) is 9.89. The van der Waals surface area contributed by atoms with Crippen LogP contribution >= 0.6 is 22.9 Å². The van der Waals surface area contributed by atoms with Gasteiger partial charge >= 0.3 is 6.03 Å². The van der Waals surface area contributed by atoms with Gasteiger partial charge in [-0.25, -0.2) is 9.78 Å². The molecule has 0 fully saturated rings. The molecule has 1 aromatic carbocycles. The summed E-state index contributed by atoms with van der Waals surface area (Å²) >= 11 is 7.20. The van der Waals surface area contributed by atoms with Crippen molar-refractivity contribution in [2.24, 2.45) is 0 Å². The number of hydrogen-bond acceptors (Lipinski definition) is 4. The number of ether oxygens (including phenoxy) is 1. The summed E-state index contributed by atoms with van der Waals surface area (Å²) < 4.78 is 5.12. The fourth-order valence-electron chi connectivity index (χ4n) is 1.31. The predicted octanol–water partition coefficient (Wildman–Crippen LogP) is 3.45. The van der Waals surface area contributed by atoms with Crippen LogP contribution < -0.4 is 15.4 Å². The number of halogens is 1. The van der Waals surface area contributed by atoms with Crippen LogP contribution in [0.3, 0.4) is 0 Å². The zero-order valence-corrected chi connectivity index (χ0v) is 11.0. The van der Waals surface area contributed by atoms with Crippen LogP contribution in [0.25, 0.3) is 0 Å². The molecule has 2 aromatic rings. The van der Waals surface area contributed by atoms with E-state index in [0.29, 0.717) is 21.6 Å². The molecule has 0 aliphatic rings. The van der Waals surface area contributed by atoms with E-state index in [1.807, 2.05) is 0 Å². The van der Waals surface area contributed by atoms with Crippen molar-refractivity contribution in [3.63, 3.8) is 0 Å². The van der Waals surface area contributed by atoms with Crippen molar-refractivity contribution in [1.82, 2.24) is 4.98 Å². The summed E-state index contributed by atoms with van der Waals surface area (Å²) in [6.45, 7) is 0. The summed E-state index contributed by atoms with van der Waals surface area (Å²) in [6, 6.07) is 4.58. The summed E-state index contributed by atoms with van der Waals surface area (Å²) in [5, 5.41) is 8.06. The maximum absolute atomic E-state index is 11.7. The van der Waals surface area contributed by atoms with E-state index < -0.39 is 6.03 Å². The molecule has 0 aliphatic carbocycles. The van der Waals surface area contributed by atoms with E-state index in [0.717, 1.165) is 0 Å². The van der Waals surface area contributed by atoms with Crippen molar-refractivity contribution in [1.29, 1.82) is 0 Å². The third kappa shape index (κ3) is 3.12. The van der Waals surface area contributed by atoms with Crippen molar-refractivity contribution >= 4 is 39.8 Å². The summed E-state index contributed by atoms with van der Waals surface area (Å²) in [7, 11) is 1.52. The Kier molecular flexibility index (Phi) is 4.01. The lowest BCUT2D eigenvalue weighted by atomic mass is 10.3. The number of carbonyl (C=O) groups excluding carboxylic acids is 1. The number of thiazole rings is 1. The van der Waals surface area contributed by atoms with Crippen LogP contribution in [0.1, 0.15) is 0 Å². The molecule has 0 unspecified atom stereocenters. The Labute approximate surface area is 113 Å². The molecule has 1 aromatic heterocycles. The zero-order valence-electron chi connectivity index (χ0n) is 9.44. The van der Waals surface area contributed by atoms with Crippen LogP contribution in [-0.2, 0) is 0 Å². The summed E-state index contributed by atoms with van der Waals surface area (Å²) in [4.78, 5) is 15.7. The number of benzene rings is 1. The van der Waals surface area contributed by atoms with Gasteiger partial charge in [0, 0.05) is 16.6 Å². The molecule has 2 N–H and O–H groups in total. The number of anilines is 2. The van der Waals surface area contributed by atoms with Gasteiger partial charge in [0.05, 0.1) is 12.8 Å². The highest BCUT2D eigenvalue weighted by molar-refractivity contribution is 7.13. The lowest BCUT2D eigenvalue weighted by molar-refractivity contribution is 0.262. The SMILES string of the molecule is COc1ccc(Cl)cc1NC(=O)Nc1nccs1. The van der Waals surface area contributed by atoms with Gasteiger partial charge in [-0.2, -0.15) is 0 Å². The first kappa shape index (κ1) is 12.7. The monoisotopic (exact) mass is 283 g/mol. The molecule has 18 heavy (non-hydrogen) atoms. The highest BCUT2D eigenvalue weighted by atomic mass is 35.5. The molecule has 0 aliphatic heterocycles. The molecule has 0 spiro atoms. The average Bonchev–Trinajstić information content (AvgIpc) is 2.82. The lowest BCUT2D eigenvalue weighted by Gasteiger charge is -2.10. The number of methoxy groups -OCH3 is 1. The molecule has 0 radical (unpaired) electrons. The largest absolute Gasteiger partial charge is 0.495 e. The molecule has 7 heteroatoms. The van der Waals surface area contributed by atoms with Gasteiger partial charge in [-0.1, -0.05) is 11.6 Å². The second-order valence-corrected chi connectivity index (χ2v) is 4.59. The fourth-order valence-corrected chi connectivity index (χ4v) is 2.01. The number of urea groups is 1. The van der Waals surface area contributed by atoms with Crippen LogP contribution in [0.4, 0.5) is 15.6 Å². The first-order valence-electron chi connectivity index (χ1n) is 5.00. The third-order valence-electron chi connectivity index (χ3n) is 2.06. The minimum atomic E-state index is -0.398. The fraction of sp³-hybridized carbons (Fsp3) is 0.0909. The Balaban J connectivity index is 2.08. The van der Waals surface area contributed by atoms with E-state index >= 15 is 0 Å². The molecule has 2 amide bonds. The molecular formula is C11H10ClN3O2S. The van der Waals surface area contributed by atoms with E-state index in [1.54, 1.807) is 29.8 Å². The smallest absolute Gasteiger partial charge is 0.325 e. The average molecular weight is 284 g/mol. The number of carbonyl (C=O) groups is 1. The number of amides is 2. The third-order valence-corrected chi connectivity index (χ3v) is 2.99. The standard InChI is InChI=1S/C11H10ClN3O2S/c1-17-9-3-2-7(12)6-8(9)14-10(16)15-11-13-4-5-18-11/h2-6H,1H3,(H2,13,14,15,16). The van der Waals surface area contributed by atoms with E-state index in [1.165, 1.54) is 18.4 Å². The molecule has 1 heterocycles. The molecule has 2 rings (SSSR count). The first-order valence-corrected chi connectivity index (χ1v) is 6.26. The van der Waals surface area contributed by atoms with Gasteiger partial charge in [0.2, 0.25) is 0 Å². The molecule has 0 saturated heterocycles. The first-order chi connectivity index (χ1) is 8.69. The maximum Gasteiger partial charge on any atom is 0.325 e. The summed E-state index contributed by atoms with van der Waals surface area (Å²) in [5.41, 5.74) is 0.499. The van der Waals surface area contributed by atoms with E-state index in [4.69, 9.17) is 16.3 Å². The molecule has 5 nitrogen and oxygen atoms in total. The Bertz CT molecular complexity index is 545. The van der Waals surface area contributed by atoms with Gasteiger partial charge in [0.25, 0.3) is 0 Å². The van der Waals surface area contributed by atoms with Crippen LogP contribution in [0.2, 0.25) is 5.02 Å². The van der Waals surface area contributed by atoms with Gasteiger partial charge in [-0.15, -0.1) is 11.3 Å². The quantitative estimate of drug-likeness (QED) is 0.907. The summed E-state index contributed by atoms with van der Waals surface area (Å²) in [6.07, 6.45) is 1.61. The Morgan fingerprint density at radius 1 is 1.44 bits per heavy atom. The number of hydrogen-bond donors (Lipinski definition) is 2. The highest BCUT2D eigenvalue weighted by Crippen LogP contribution is 2.27. The molecule has 94 valence electrons. The number of nitrogens with zero attached hydrogens (tertiary/aromatic N) is 1. The van der Waals surface area contributed by atoms with Crippen molar-refractivity contribution in [3.05, 3.63) is 34.8 Å². The van der Waals surface area contributed by atoms with E-state index in [-0.39, 0.29) is 0 Å². The van der Waals surface area contributed by atoms with Gasteiger partial charge in [-0.3, -0.25) is 5.32 Å². The second kappa shape index (κ2) is 5.70. The minimum Gasteiger partial charge on any atom is -0.495 e. The Morgan fingerprint density at radius 3 is 2.94 bits per heavy atom. The zero-order chi connectivity index (χ0) is 13.0. The highest BCUT2D eigenvalue weighted by Gasteiger charge is 2.09. The van der Waals surface area contributed by atoms with Crippen LogP contribution in [-0.4, -0.2) is 18.1 Å². The predicted molar refractivity (Wildman–Crippen MR) is 72.8 cm³/mol. The molecular weight excluding hydrogens is 274 g/mol. The minimum absolute atomic E-state index is 0.398. The molecule has 0 saturated carbocycles. The number of rotatable bonds is 3. The lowest BCUT2D eigenvalue weighted by Crippen LogP contribution is -2.19. The second-order valence-electron chi connectivity index (χ2n) is 3.26. The van der Waals surface area contributed by atoms with Crippen LogP contribution in [0.15, 0.2) is 29.8 Å². The van der Waals surface area contributed by atoms with Crippen molar-refractivity contribution < 1.29 is 9.53 Å². The topological polar surface area (TPSA) is 63.2 Å². The van der Waals surface area contributed by atoms with E-state index in [9.17, 15) is 4.79 Å². The van der Waals surface area contributed by atoms with Gasteiger partial charge in [0.1, 0.15) is 5.75 Å². The van der Waals surface area contributed by atoms with Crippen molar-refractivity contribution in [2.75, 3.05) is 17.7 Å². The number of aromatic nitrogens is 1. The summed E-state index contributed by atoms with van der Waals surface area (Å²) in [5.74, 6) is 0.536. The Hall–Kier alpha value is -1.79. The van der Waals surface area contributed by atoms with Crippen LogP contribution in [0, 0.1) is 0 Å². The van der Waals surface area contributed by atoms with Gasteiger partial charge in [-0.05, 0) is 18.2 Å². The van der Waals surface area contributed by atoms with Crippen molar-refractivity contribution in [3.8, 4) is 5.75 Å². The van der Waals surface area contributed by atoms with Crippen LogP contribution in [0.5, 0.6) is 5.75 Å². The Morgan fingerprint density at radius 2 is 2.28 bits per heavy atom. The van der Waals surface area contributed by atoms with Crippen molar-refractivity contribution in [2.45, 2.75) is 0 Å². The van der Waals surface area contributed by atoms with Gasteiger partial charge in [0.15, 0.2) is 5.13 Å². The van der Waals surface area contributed by atoms with E-state index in [2.05, 4.69) is 15.6 Å². The van der Waals surface area contributed by atoms with Gasteiger partial charge < -0.3 is 10.1 Å².